The van der Waals surface area contributed by atoms with Gasteiger partial charge in [-0.25, -0.2) is 5.43 Å². The van der Waals surface area contributed by atoms with Crippen LogP contribution < -0.4 is 19.6 Å². The van der Waals surface area contributed by atoms with Crippen LogP contribution >= 0.6 is 27.5 Å². The summed E-state index contributed by atoms with van der Waals surface area (Å²) in [7, 11) is 0. The van der Waals surface area contributed by atoms with Gasteiger partial charge in [0.05, 0.1) is 15.7 Å². The Labute approximate surface area is 202 Å². The smallest absolute Gasteiger partial charge is 0.307 e. The van der Waals surface area contributed by atoms with Gasteiger partial charge < -0.3 is 18.6 Å². The number of halogens is 2. The van der Waals surface area contributed by atoms with Gasteiger partial charge in [-0.1, -0.05) is 35.9 Å². The maximum Gasteiger partial charge on any atom is 0.307 e. The minimum Gasteiger partial charge on any atom is -0.486 e. The fourth-order valence-electron chi connectivity index (χ4n) is 3.29. The molecule has 7 nitrogen and oxygen atoms in total. The van der Waals surface area contributed by atoms with Gasteiger partial charge in [0.15, 0.2) is 23.0 Å². The summed E-state index contributed by atoms with van der Waals surface area (Å²) in [5, 5.41) is 5.24. The van der Waals surface area contributed by atoms with E-state index in [-0.39, 0.29) is 12.6 Å². The number of para-hydroxylation sites is 1. The molecule has 0 saturated carbocycles. The molecule has 1 aromatic heterocycles. The quantitative estimate of drug-likeness (QED) is 0.249. The van der Waals surface area contributed by atoms with Gasteiger partial charge in [0, 0.05) is 5.39 Å². The molecule has 0 fully saturated rings. The summed E-state index contributed by atoms with van der Waals surface area (Å²) >= 11 is 9.89. The third-order valence-corrected chi connectivity index (χ3v) is 5.74. The maximum absolute atomic E-state index is 12.3. The Morgan fingerprint density at radius 3 is 2.82 bits per heavy atom. The van der Waals surface area contributed by atoms with Crippen molar-refractivity contribution in [1.29, 1.82) is 0 Å². The second-order valence-electron chi connectivity index (χ2n) is 7.14. The number of fused-ring (bicyclic) bond motifs is 2. The molecule has 0 spiro atoms. The summed E-state index contributed by atoms with van der Waals surface area (Å²) < 4.78 is 22.8. The summed E-state index contributed by atoms with van der Waals surface area (Å²) in [6.07, 6.45) is 1.48. The lowest BCUT2D eigenvalue weighted by Crippen LogP contribution is -2.16. The molecule has 166 valence electrons. The number of nitrogens with zero attached hydrogens (tertiary/aromatic N) is 1. The highest BCUT2D eigenvalue weighted by Gasteiger charge is 2.15. The number of benzene rings is 3. The van der Waals surface area contributed by atoms with E-state index in [0.717, 1.165) is 10.9 Å². The van der Waals surface area contributed by atoms with Crippen molar-refractivity contribution in [2.45, 2.75) is 6.61 Å². The summed E-state index contributed by atoms with van der Waals surface area (Å²) in [5.74, 6) is 1.64. The summed E-state index contributed by atoms with van der Waals surface area (Å²) in [6, 6.07) is 18.2. The van der Waals surface area contributed by atoms with Crippen LogP contribution in [0, 0.1) is 0 Å². The summed E-state index contributed by atoms with van der Waals surface area (Å²) in [4.78, 5) is 12.3. The van der Waals surface area contributed by atoms with E-state index in [1.54, 1.807) is 24.3 Å². The first-order chi connectivity index (χ1) is 16.1. The molecule has 3 aromatic carbocycles. The van der Waals surface area contributed by atoms with Gasteiger partial charge in [-0.05, 0) is 63.5 Å². The van der Waals surface area contributed by atoms with Crippen molar-refractivity contribution in [1.82, 2.24) is 5.43 Å². The second-order valence-corrected chi connectivity index (χ2v) is 8.40. The first-order valence-corrected chi connectivity index (χ1v) is 11.1. The fraction of sp³-hybridized carbons (Fsp3) is 0.0833. The molecule has 1 aliphatic heterocycles. The number of carbonyl (C=O) groups excluding carboxylic acids is 1. The van der Waals surface area contributed by atoms with Crippen LogP contribution in [0.5, 0.6) is 17.2 Å². The van der Waals surface area contributed by atoms with Crippen LogP contribution in [0.4, 0.5) is 0 Å². The van der Waals surface area contributed by atoms with Crippen LogP contribution in [0.25, 0.3) is 11.0 Å². The molecule has 0 saturated heterocycles. The Balaban J connectivity index is 1.23. The number of hydrazone groups is 1. The highest BCUT2D eigenvalue weighted by atomic mass is 79.9. The Bertz CT molecular complexity index is 1330. The normalized spacial score (nSPS) is 12.4. The molecule has 9 heteroatoms. The molecular weight excluding hydrogens is 512 g/mol. The van der Waals surface area contributed by atoms with Gasteiger partial charge in [-0.15, -0.1) is 0 Å². The Morgan fingerprint density at radius 2 is 1.97 bits per heavy atom. The minimum absolute atomic E-state index is 0.180. The Morgan fingerprint density at radius 1 is 1.12 bits per heavy atom. The Hall–Kier alpha value is -3.49. The van der Waals surface area contributed by atoms with E-state index >= 15 is 0 Å². The van der Waals surface area contributed by atoms with E-state index in [2.05, 4.69) is 26.5 Å². The number of hydrogen-bond donors (Lipinski definition) is 1. The molecular formula is C24H16BrClN2O5. The Kier molecular flexibility index (Phi) is 5.93. The van der Waals surface area contributed by atoms with Crippen molar-refractivity contribution in [2.24, 2.45) is 5.10 Å². The van der Waals surface area contributed by atoms with E-state index in [9.17, 15) is 4.79 Å². The van der Waals surface area contributed by atoms with Crippen LogP contribution in [0.1, 0.15) is 21.7 Å². The molecule has 0 aliphatic carbocycles. The lowest BCUT2D eigenvalue weighted by atomic mass is 10.2. The average Bonchev–Trinajstić information content (AvgIpc) is 3.45. The highest BCUT2D eigenvalue weighted by Crippen LogP contribution is 2.36. The van der Waals surface area contributed by atoms with Crippen LogP contribution in [-0.2, 0) is 6.61 Å². The number of ether oxygens (including phenoxy) is 3. The van der Waals surface area contributed by atoms with Crippen molar-refractivity contribution < 1.29 is 23.4 Å². The molecule has 2 heterocycles. The lowest BCUT2D eigenvalue weighted by molar-refractivity contribution is 0.0929. The first kappa shape index (κ1) is 21.4. The molecule has 33 heavy (non-hydrogen) atoms. The molecule has 4 aromatic rings. The third-order valence-electron chi connectivity index (χ3n) is 4.87. The minimum atomic E-state index is -0.448. The standard InChI is InChI=1S/C24H16BrClN2O5/c25-17-7-15(11-27-28-24(29)22-10-16-3-1-2-4-19(16)33-22)8-18(26)23(17)30-12-14-5-6-20-21(9-14)32-13-31-20/h1-11H,12-13H2,(H,28,29)/b27-11+. The summed E-state index contributed by atoms with van der Waals surface area (Å²) in [6.45, 7) is 0.523. The molecule has 1 amide bonds. The lowest BCUT2D eigenvalue weighted by Gasteiger charge is -2.11. The zero-order valence-electron chi connectivity index (χ0n) is 17.0. The molecule has 0 atom stereocenters. The number of carbonyl (C=O) groups is 1. The largest absolute Gasteiger partial charge is 0.486 e. The van der Waals surface area contributed by atoms with Gasteiger partial charge in [-0.3, -0.25) is 4.79 Å². The van der Waals surface area contributed by atoms with Crippen molar-refractivity contribution in [3.63, 3.8) is 0 Å². The second kappa shape index (κ2) is 9.17. The van der Waals surface area contributed by atoms with E-state index in [0.29, 0.717) is 44.5 Å². The maximum atomic E-state index is 12.3. The van der Waals surface area contributed by atoms with Crippen molar-refractivity contribution in [3.8, 4) is 17.2 Å². The van der Waals surface area contributed by atoms with Crippen LogP contribution in [0.15, 0.2) is 74.7 Å². The van der Waals surface area contributed by atoms with E-state index < -0.39 is 5.91 Å². The number of rotatable bonds is 6. The highest BCUT2D eigenvalue weighted by molar-refractivity contribution is 9.10. The predicted molar refractivity (Wildman–Crippen MR) is 127 cm³/mol. The molecule has 0 bridgehead atoms. The monoisotopic (exact) mass is 526 g/mol. The van der Waals surface area contributed by atoms with Crippen LogP contribution in [-0.4, -0.2) is 18.9 Å². The number of nitrogens with one attached hydrogen (secondary N) is 1. The number of furan rings is 1. The van der Waals surface area contributed by atoms with E-state index in [1.807, 2.05) is 36.4 Å². The fourth-order valence-corrected chi connectivity index (χ4v) is 4.28. The van der Waals surface area contributed by atoms with Gasteiger partial charge in [-0.2, -0.15) is 5.10 Å². The van der Waals surface area contributed by atoms with Crippen LogP contribution in [0.3, 0.4) is 0 Å². The average molecular weight is 528 g/mol. The van der Waals surface area contributed by atoms with Gasteiger partial charge >= 0.3 is 5.91 Å². The molecule has 0 unspecified atom stereocenters. The SMILES string of the molecule is O=C(N/N=C/c1cc(Cl)c(OCc2ccc3c(c2)OCO3)c(Br)c1)c1cc2ccccc2o1. The molecule has 1 N–H and O–H groups in total. The van der Waals surface area contributed by atoms with E-state index in [4.69, 9.17) is 30.2 Å². The number of amides is 1. The topological polar surface area (TPSA) is 82.3 Å². The van der Waals surface area contributed by atoms with Gasteiger partial charge in [0.2, 0.25) is 6.79 Å². The first-order valence-electron chi connectivity index (χ1n) is 9.89. The van der Waals surface area contributed by atoms with Crippen LogP contribution in [0.2, 0.25) is 5.02 Å². The third kappa shape index (κ3) is 4.67. The van der Waals surface area contributed by atoms with Gasteiger partial charge in [0.25, 0.3) is 0 Å². The van der Waals surface area contributed by atoms with Crippen molar-refractivity contribution in [3.05, 3.63) is 87.0 Å². The van der Waals surface area contributed by atoms with E-state index in [1.165, 1.54) is 6.21 Å². The molecule has 5 rings (SSSR count). The molecule has 1 aliphatic rings. The van der Waals surface area contributed by atoms with Crippen molar-refractivity contribution >= 4 is 50.6 Å². The zero-order valence-corrected chi connectivity index (χ0v) is 19.4. The predicted octanol–water partition coefficient (Wildman–Crippen LogP) is 5.92. The summed E-state index contributed by atoms with van der Waals surface area (Å²) in [5.41, 5.74) is 4.68. The molecule has 0 radical (unpaired) electrons. The van der Waals surface area contributed by atoms with Crippen molar-refractivity contribution in [2.75, 3.05) is 6.79 Å². The van der Waals surface area contributed by atoms with Gasteiger partial charge in [0.1, 0.15) is 12.2 Å². The number of hydrogen-bond acceptors (Lipinski definition) is 6. The zero-order chi connectivity index (χ0) is 22.8.